The molecule has 6 heteroatoms. The van der Waals surface area contributed by atoms with Gasteiger partial charge in [-0.05, 0) is 24.3 Å². The summed E-state index contributed by atoms with van der Waals surface area (Å²) in [5.41, 5.74) is 5.60. The highest BCUT2D eigenvalue weighted by Crippen LogP contribution is 2.27. The second-order valence-electron chi connectivity index (χ2n) is 3.44. The van der Waals surface area contributed by atoms with Crippen molar-refractivity contribution in [3.05, 3.63) is 53.1 Å². The number of hydrogen-bond donors (Lipinski definition) is 2. The van der Waals surface area contributed by atoms with E-state index in [-0.39, 0.29) is 16.6 Å². The molecule has 3 N–H and O–H groups in total. The number of rotatable bonds is 3. The Balaban J connectivity index is 2.34. The van der Waals surface area contributed by atoms with Crippen LogP contribution in [0.3, 0.4) is 0 Å². The van der Waals surface area contributed by atoms with Crippen molar-refractivity contribution in [2.45, 2.75) is 0 Å². The molecule has 0 unspecified atom stereocenters. The molecule has 92 valence electrons. The van der Waals surface area contributed by atoms with Gasteiger partial charge in [0, 0.05) is 12.3 Å². The molecule has 2 rings (SSSR count). The van der Waals surface area contributed by atoms with Gasteiger partial charge in [-0.25, -0.2) is 9.37 Å². The number of nitrogen functional groups attached to an aromatic ring is 1. The van der Waals surface area contributed by atoms with Gasteiger partial charge >= 0.3 is 0 Å². The average molecular weight is 266 g/mol. The molecule has 0 bridgehead atoms. The molecule has 18 heavy (non-hydrogen) atoms. The van der Waals surface area contributed by atoms with Gasteiger partial charge in [0.05, 0.1) is 5.02 Å². The van der Waals surface area contributed by atoms with Crippen LogP contribution in [-0.2, 0) is 0 Å². The number of nitrogens with one attached hydrogen (secondary N) is 1. The summed E-state index contributed by atoms with van der Waals surface area (Å²) in [6.45, 7) is 0. The van der Waals surface area contributed by atoms with Gasteiger partial charge in [-0.2, -0.15) is 0 Å². The van der Waals surface area contributed by atoms with Gasteiger partial charge in [-0.1, -0.05) is 11.6 Å². The molecule has 0 fully saturated rings. The third-order valence-electron chi connectivity index (χ3n) is 2.14. The molecule has 1 aromatic heterocycles. The minimum Gasteiger partial charge on any atom is -0.455 e. The molecular weight excluding hydrogens is 257 g/mol. The summed E-state index contributed by atoms with van der Waals surface area (Å²) in [6.07, 6.45) is 1.50. The van der Waals surface area contributed by atoms with Crippen molar-refractivity contribution in [2.75, 3.05) is 0 Å². The normalized spacial score (nSPS) is 10.1. The van der Waals surface area contributed by atoms with Crippen LogP contribution in [0.5, 0.6) is 11.5 Å². The largest absolute Gasteiger partial charge is 0.455 e. The van der Waals surface area contributed by atoms with Crippen molar-refractivity contribution in [1.29, 1.82) is 5.41 Å². The predicted octanol–water partition coefficient (Wildman–Crippen LogP) is 2.95. The first-order chi connectivity index (χ1) is 8.58. The molecular formula is C12H9ClFN3O. The third-order valence-corrected chi connectivity index (χ3v) is 2.43. The summed E-state index contributed by atoms with van der Waals surface area (Å²) in [7, 11) is 0. The summed E-state index contributed by atoms with van der Waals surface area (Å²) in [4.78, 5) is 3.93. The van der Waals surface area contributed by atoms with E-state index in [2.05, 4.69) is 4.98 Å². The molecule has 0 aliphatic heterocycles. The van der Waals surface area contributed by atoms with E-state index in [9.17, 15) is 4.39 Å². The topological polar surface area (TPSA) is 72.0 Å². The highest BCUT2D eigenvalue weighted by Gasteiger charge is 2.09. The van der Waals surface area contributed by atoms with Crippen molar-refractivity contribution in [3.63, 3.8) is 0 Å². The van der Waals surface area contributed by atoms with Crippen LogP contribution in [0.4, 0.5) is 4.39 Å². The molecule has 0 aliphatic rings. The number of ether oxygens (including phenoxy) is 1. The van der Waals surface area contributed by atoms with Crippen molar-refractivity contribution < 1.29 is 9.13 Å². The summed E-state index contributed by atoms with van der Waals surface area (Å²) in [5, 5.41) is 7.33. The van der Waals surface area contributed by atoms with Crippen LogP contribution in [0.2, 0.25) is 5.02 Å². The van der Waals surface area contributed by atoms with Gasteiger partial charge in [0.25, 0.3) is 0 Å². The smallest absolute Gasteiger partial charge is 0.156 e. The summed E-state index contributed by atoms with van der Waals surface area (Å²) in [6, 6.07) is 7.22. The van der Waals surface area contributed by atoms with Gasteiger partial charge in [-0.3, -0.25) is 5.41 Å². The molecule has 0 saturated heterocycles. The molecule has 0 radical (unpaired) electrons. The van der Waals surface area contributed by atoms with E-state index in [1.54, 1.807) is 12.1 Å². The number of amidine groups is 1. The molecule has 2 aromatic rings. The molecule has 0 amide bonds. The maximum Gasteiger partial charge on any atom is 0.156 e. The molecule has 0 aliphatic carbocycles. The highest BCUT2D eigenvalue weighted by molar-refractivity contribution is 6.30. The lowest BCUT2D eigenvalue weighted by atomic mass is 10.3. The Morgan fingerprint density at radius 3 is 2.83 bits per heavy atom. The molecule has 1 aromatic carbocycles. The van der Waals surface area contributed by atoms with Crippen LogP contribution in [0.1, 0.15) is 5.69 Å². The number of benzene rings is 1. The maximum absolute atomic E-state index is 13.0. The number of halogens is 2. The lowest BCUT2D eigenvalue weighted by Crippen LogP contribution is -2.14. The zero-order chi connectivity index (χ0) is 13.1. The second kappa shape index (κ2) is 5.01. The van der Waals surface area contributed by atoms with Crippen LogP contribution < -0.4 is 10.5 Å². The Morgan fingerprint density at radius 1 is 1.39 bits per heavy atom. The summed E-state index contributed by atoms with van der Waals surface area (Å²) >= 11 is 5.64. The first-order valence-corrected chi connectivity index (χ1v) is 5.38. The van der Waals surface area contributed by atoms with Crippen molar-refractivity contribution in [3.8, 4) is 11.5 Å². The average Bonchev–Trinajstić information content (AvgIpc) is 2.34. The van der Waals surface area contributed by atoms with E-state index in [0.717, 1.165) is 0 Å². The number of nitrogens with zero attached hydrogens (tertiary/aromatic N) is 1. The van der Waals surface area contributed by atoms with E-state index < -0.39 is 5.82 Å². The summed E-state index contributed by atoms with van der Waals surface area (Å²) < 4.78 is 18.5. The van der Waals surface area contributed by atoms with E-state index in [1.807, 2.05) is 0 Å². The van der Waals surface area contributed by atoms with Crippen LogP contribution >= 0.6 is 11.6 Å². The Hall–Kier alpha value is -2.14. The van der Waals surface area contributed by atoms with E-state index in [1.165, 1.54) is 24.4 Å². The lowest BCUT2D eigenvalue weighted by molar-refractivity contribution is 0.477. The molecule has 0 spiro atoms. The number of aromatic nitrogens is 1. The van der Waals surface area contributed by atoms with Crippen LogP contribution in [0.25, 0.3) is 0 Å². The number of nitrogens with two attached hydrogens (primary N) is 1. The van der Waals surface area contributed by atoms with Gasteiger partial charge in [0.15, 0.2) is 5.75 Å². The Labute approximate surface area is 108 Å². The van der Waals surface area contributed by atoms with Crippen LogP contribution in [0, 0.1) is 11.2 Å². The first kappa shape index (κ1) is 12.3. The van der Waals surface area contributed by atoms with Crippen LogP contribution in [0.15, 0.2) is 36.5 Å². The van der Waals surface area contributed by atoms with E-state index >= 15 is 0 Å². The second-order valence-corrected chi connectivity index (χ2v) is 3.85. The predicted molar refractivity (Wildman–Crippen MR) is 66.7 cm³/mol. The number of pyridine rings is 1. The maximum atomic E-state index is 13.0. The van der Waals surface area contributed by atoms with Gasteiger partial charge in [0.1, 0.15) is 23.1 Å². The lowest BCUT2D eigenvalue weighted by Gasteiger charge is -2.09. The SMILES string of the molecule is N=C(N)c1ncccc1Oc1ccc(F)c(Cl)c1. The van der Waals surface area contributed by atoms with Crippen molar-refractivity contribution >= 4 is 17.4 Å². The fraction of sp³-hybridized carbons (Fsp3) is 0. The Morgan fingerprint density at radius 2 is 2.17 bits per heavy atom. The van der Waals surface area contributed by atoms with E-state index in [0.29, 0.717) is 11.5 Å². The first-order valence-electron chi connectivity index (χ1n) is 5.00. The van der Waals surface area contributed by atoms with Crippen LogP contribution in [-0.4, -0.2) is 10.8 Å². The molecule has 0 atom stereocenters. The van der Waals surface area contributed by atoms with Gasteiger partial charge < -0.3 is 10.5 Å². The highest BCUT2D eigenvalue weighted by atomic mass is 35.5. The number of hydrogen-bond acceptors (Lipinski definition) is 3. The third kappa shape index (κ3) is 2.57. The Kier molecular flexibility index (Phi) is 3.43. The fourth-order valence-corrected chi connectivity index (χ4v) is 1.51. The zero-order valence-electron chi connectivity index (χ0n) is 9.15. The monoisotopic (exact) mass is 265 g/mol. The molecule has 4 nitrogen and oxygen atoms in total. The minimum absolute atomic E-state index is 0.0410. The Bertz CT molecular complexity index is 604. The van der Waals surface area contributed by atoms with Gasteiger partial charge in [-0.15, -0.1) is 0 Å². The minimum atomic E-state index is -0.526. The van der Waals surface area contributed by atoms with E-state index in [4.69, 9.17) is 27.5 Å². The van der Waals surface area contributed by atoms with Crippen molar-refractivity contribution in [1.82, 2.24) is 4.98 Å². The molecule has 0 saturated carbocycles. The molecule has 1 heterocycles. The quantitative estimate of drug-likeness (QED) is 0.662. The standard InChI is InChI=1S/C12H9ClFN3O/c13-8-6-7(3-4-9(8)14)18-10-2-1-5-17-11(10)12(15)16/h1-6H,(H3,15,16). The van der Waals surface area contributed by atoms with Gasteiger partial charge in [0.2, 0.25) is 0 Å². The zero-order valence-corrected chi connectivity index (χ0v) is 9.91. The fourth-order valence-electron chi connectivity index (χ4n) is 1.34. The van der Waals surface area contributed by atoms with Crippen molar-refractivity contribution in [2.24, 2.45) is 5.73 Å². The summed E-state index contributed by atoms with van der Waals surface area (Å²) in [5.74, 6) is -0.0784.